The van der Waals surface area contributed by atoms with Gasteiger partial charge in [-0.25, -0.2) is 4.98 Å². The molecule has 0 saturated heterocycles. The minimum atomic E-state index is -0.221. The highest BCUT2D eigenvalue weighted by molar-refractivity contribution is 7.16. The molecular formula is C21H21N3O3S. The summed E-state index contributed by atoms with van der Waals surface area (Å²) in [5.74, 6) is 0.474. The Morgan fingerprint density at radius 3 is 2.36 bits per heavy atom. The molecule has 0 aliphatic heterocycles. The van der Waals surface area contributed by atoms with Gasteiger partial charge in [-0.15, -0.1) is 11.3 Å². The first-order valence-electron chi connectivity index (χ1n) is 8.73. The lowest BCUT2D eigenvalue weighted by molar-refractivity contribution is -0.119. The van der Waals surface area contributed by atoms with Gasteiger partial charge in [-0.1, -0.05) is 12.1 Å². The molecule has 0 spiro atoms. The summed E-state index contributed by atoms with van der Waals surface area (Å²) in [6, 6.07) is 14.8. The molecule has 0 radical (unpaired) electrons. The van der Waals surface area contributed by atoms with Crippen molar-refractivity contribution in [2.24, 2.45) is 0 Å². The summed E-state index contributed by atoms with van der Waals surface area (Å²) in [4.78, 5) is 29.1. The van der Waals surface area contributed by atoms with Crippen molar-refractivity contribution in [3.05, 3.63) is 64.5 Å². The van der Waals surface area contributed by atoms with Crippen molar-refractivity contribution >= 4 is 28.3 Å². The third kappa shape index (κ3) is 4.75. The van der Waals surface area contributed by atoms with Crippen molar-refractivity contribution in [2.75, 3.05) is 12.4 Å². The van der Waals surface area contributed by atoms with E-state index in [2.05, 4.69) is 15.6 Å². The minimum Gasteiger partial charge on any atom is -0.497 e. The van der Waals surface area contributed by atoms with Gasteiger partial charge in [-0.3, -0.25) is 14.9 Å². The summed E-state index contributed by atoms with van der Waals surface area (Å²) in [6.45, 7) is 3.88. The van der Waals surface area contributed by atoms with Crippen LogP contribution in [-0.4, -0.2) is 23.9 Å². The lowest BCUT2D eigenvalue weighted by Gasteiger charge is -2.05. The van der Waals surface area contributed by atoms with Crippen molar-refractivity contribution in [1.29, 1.82) is 0 Å². The van der Waals surface area contributed by atoms with Crippen LogP contribution < -0.4 is 15.4 Å². The van der Waals surface area contributed by atoms with E-state index in [1.165, 1.54) is 18.3 Å². The lowest BCUT2D eigenvalue weighted by atomic mass is 10.1. The maximum absolute atomic E-state index is 12.5. The van der Waals surface area contributed by atoms with Crippen LogP contribution >= 0.6 is 11.3 Å². The maximum Gasteiger partial charge on any atom is 0.257 e. The molecule has 0 aliphatic carbocycles. The van der Waals surface area contributed by atoms with Crippen LogP contribution in [0.3, 0.4) is 0 Å². The average molecular weight is 395 g/mol. The number of nitrogens with one attached hydrogen (secondary N) is 2. The van der Waals surface area contributed by atoms with Crippen LogP contribution in [0.25, 0.3) is 11.3 Å². The summed E-state index contributed by atoms with van der Waals surface area (Å²) >= 11 is 1.43. The Labute approximate surface area is 167 Å². The Kier molecular flexibility index (Phi) is 6.06. The summed E-state index contributed by atoms with van der Waals surface area (Å²) in [5, 5.41) is 6.13. The molecule has 1 heterocycles. The van der Waals surface area contributed by atoms with E-state index in [0.29, 0.717) is 17.2 Å². The molecule has 1 aromatic heterocycles. The van der Waals surface area contributed by atoms with Gasteiger partial charge < -0.3 is 10.1 Å². The number of carbonyl (C=O) groups excluding carboxylic acids is 2. The van der Waals surface area contributed by atoms with Crippen LogP contribution in [-0.2, 0) is 11.3 Å². The molecule has 3 aromatic rings. The molecule has 0 bridgehead atoms. The molecule has 2 aromatic carbocycles. The first-order valence-corrected chi connectivity index (χ1v) is 9.54. The number of aromatic nitrogens is 1. The zero-order valence-electron chi connectivity index (χ0n) is 15.9. The van der Waals surface area contributed by atoms with Crippen molar-refractivity contribution in [1.82, 2.24) is 10.3 Å². The minimum absolute atomic E-state index is 0.0892. The number of ether oxygens (including phenoxy) is 1. The largest absolute Gasteiger partial charge is 0.497 e. The van der Waals surface area contributed by atoms with Gasteiger partial charge in [0.05, 0.1) is 12.8 Å². The maximum atomic E-state index is 12.5. The number of hydrogen-bond acceptors (Lipinski definition) is 5. The molecule has 0 atom stereocenters. The van der Waals surface area contributed by atoms with E-state index in [-0.39, 0.29) is 11.8 Å². The van der Waals surface area contributed by atoms with Crippen LogP contribution in [0.15, 0.2) is 48.5 Å². The van der Waals surface area contributed by atoms with Gasteiger partial charge in [0.25, 0.3) is 5.91 Å². The summed E-state index contributed by atoms with van der Waals surface area (Å²) < 4.78 is 5.18. The summed E-state index contributed by atoms with van der Waals surface area (Å²) in [6.07, 6.45) is 0. The topological polar surface area (TPSA) is 80.3 Å². The van der Waals surface area contributed by atoms with Gasteiger partial charge in [0.1, 0.15) is 5.75 Å². The second-order valence-corrected chi connectivity index (χ2v) is 7.42. The smallest absolute Gasteiger partial charge is 0.257 e. The number of anilines is 1. The van der Waals surface area contributed by atoms with Crippen LogP contribution in [0, 0.1) is 6.92 Å². The molecule has 144 valence electrons. The summed E-state index contributed by atoms with van der Waals surface area (Å²) in [5.41, 5.74) is 3.27. The Balaban J connectivity index is 1.69. The highest BCUT2D eigenvalue weighted by Crippen LogP contribution is 2.31. The van der Waals surface area contributed by atoms with E-state index >= 15 is 0 Å². The highest BCUT2D eigenvalue weighted by Gasteiger charge is 2.13. The number of carbonyl (C=O) groups is 2. The predicted molar refractivity (Wildman–Crippen MR) is 111 cm³/mol. The Morgan fingerprint density at radius 1 is 1.07 bits per heavy atom. The van der Waals surface area contributed by atoms with E-state index < -0.39 is 0 Å². The SMILES string of the molecule is COc1ccc(-c2nc(NC(=O)c3ccc(CNC(C)=O)cc3)sc2C)cc1. The Bertz CT molecular complexity index is 979. The first kappa shape index (κ1) is 19.6. The summed E-state index contributed by atoms with van der Waals surface area (Å²) in [7, 11) is 1.63. The average Bonchev–Trinajstić information content (AvgIpc) is 3.06. The number of aryl methyl sites for hydroxylation is 1. The fourth-order valence-electron chi connectivity index (χ4n) is 2.64. The van der Waals surface area contributed by atoms with Crippen LogP contribution in [0.5, 0.6) is 5.75 Å². The van der Waals surface area contributed by atoms with E-state index in [1.807, 2.05) is 43.3 Å². The van der Waals surface area contributed by atoms with E-state index in [1.54, 1.807) is 19.2 Å². The molecule has 0 aliphatic rings. The van der Waals surface area contributed by atoms with Gasteiger partial charge >= 0.3 is 0 Å². The van der Waals surface area contributed by atoms with Crippen LogP contribution in [0.4, 0.5) is 5.13 Å². The normalized spacial score (nSPS) is 10.4. The molecule has 2 N–H and O–H groups in total. The quantitative estimate of drug-likeness (QED) is 0.661. The zero-order valence-corrected chi connectivity index (χ0v) is 16.7. The van der Waals surface area contributed by atoms with Crippen LogP contribution in [0.1, 0.15) is 27.7 Å². The number of methoxy groups -OCH3 is 1. The van der Waals surface area contributed by atoms with Crippen molar-refractivity contribution in [2.45, 2.75) is 20.4 Å². The number of amides is 2. The fraction of sp³-hybridized carbons (Fsp3) is 0.190. The molecule has 0 unspecified atom stereocenters. The second kappa shape index (κ2) is 8.67. The molecule has 0 saturated carbocycles. The zero-order chi connectivity index (χ0) is 20.1. The molecule has 0 fully saturated rings. The number of rotatable bonds is 6. The predicted octanol–water partition coefficient (Wildman–Crippen LogP) is 4.02. The number of thiazole rings is 1. The van der Waals surface area contributed by atoms with Gasteiger partial charge in [-0.05, 0) is 48.9 Å². The molecule has 2 amide bonds. The van der Waals surface area contributed by atoms with Crippen molar-refractivity contribution in [3.8, 4) is 17.0 Å². The third-order valence-corrected chi connectivity index (χ3v) is 5.02. The van der Waals surface area contributed by atoms with E-state index in [0.717, 1.165) is 27.4 Å². The van der Waals surface area contributed by atoms with Gasteiger partial charge in [0.15, 0.2) is 5.13 Å². The highest BCUT2D eigenvalue weighted by atomic mass is 32.1. The van der Waals surface area contributed by atoms with Gasteiger partial charge in [0, 0.05) is 29.5 Å². The van der Waals surface area contributed by atoms with Gasteiger partial charge in [-0.2, -0.15) is 0 Å². The van der Waals surface area contributed by atoms with E-state index in [9.17, 15) is 9.59 Å². The lowest BCUT2D eigenvalue weighted by Crippen LogP contribution is -2.19. The molecule has 28 heavy (non-hydrogen) atoms. The number of nitrogens with zero attached hydrogens (tertiary/aromatic N) is 1. The van der Waals surface area contributed by atoms with E-state index in [4.69, 9.17) is 4.74 Å². The Morgan fingerprint density at radius 2 is 1.75 bits per heavy atom. The molecule has 3 rings (SSSR count). The second-order valence-electron chi connectivity index (χ2n) is 6.21. The molecule has 6 nitrogen and oxygen atoms in total. The van der Waals surface area contributed by atoms with Crippen molar-refractivity contribution in [3.63, 3.8) is 0 Å². The molecule has 7 heteroatoms. The third-order valence-electron chi connectivity index (χ3n) is 4.14. The van der Waals surface area contributed by atoms with Crippen molar-refractivity contribution < 1.29 is 14.3 Å². The van der Waals surface area contributed by atoms with Crippen LogP contribution in [0.2, 0.25) is 0 Å². The van der Waals surface area contributed by atoms with Gasteiger partial charge in [0.2, 0.25) is 5.91 Å². The Hall–Kier alpha value is -3.19. The molecular weight excluding hydrogens is 374 g/mol. The number of hydrogen-bond donors (Lipinski definition) is 2. The fourth-order valence-corrected chi connectivity index (χ4v) is 3.47. The number of benzene rings is 2. The first-order chi connectivity index (χ1) is 13.5. The monoisotopic (exact) mass is 395 g/mol. The standard InChI is InChI=1S/C21H21N3O3S/c1-13-19(16-8-10-18(27-3)11-9-16)23-21(28-13)24-20(26)17-6-4-15(5-7-17)12-22-14(2)25/h4-11H,12H2,1-3H3,(H,22,25)(H,23,24,26).